The van der Waals surface area contributed by atoms with Crippen molar-refractivity contribution in [1.82, 2.24) is 9.97 Å². The molecule has 1 amide bonds. The molecule has 0 spiro atoms. The topological polar surface area (TPSA) is 54.9 Å². The summed E-state index contributed by atoms with van der Waals surface area (Å²) in [5.41, 5.74) is 3.17. The van der Waals surface area contributed by atoms with Gasteiger partial charge in [-0.15, -0.1) is 11.3 Å². The van der Waals surface area contributed by atoms with Gasteiger partial charge in [-0.3, -0.25) is 4.79 Å². The molecule has 30 heavy (non-hydrogen) atoms. The first kappa shape index (κ1) is 19.2. The van der Waals surface area contributed by atoms with E-state index in [9.17, 15) is 9.18 Å². The number of anilines is 1. The molecule has 1 aliphatic carbocycles. The van der Waals surface area contributed by atoms with Crippen LogP contribution >= 0.6 is 23.1 Å². The minimum Gasteiger partial charge on any atom is -0.322 e. The number of thiophene rings is 1. The summed E-state index contributed by atoms with van der Waals surface area (Å²) in [4.78, 5) is 25.2. The third kappa shape index (κ3) is 3.48. The van der Waals surface area contributed by atoms with Gasteiger partial charge in [-0.1, -0.05) is 30.0 Å². The van der Waals surface area contributed by atoms with Gasteiger partial charge in [0.25, 0.3) is 5.91 Å². The van der Waals surface area contributed by atoms with Crippen molar-refractivity contribution in [3.05, 3.63) is 76.2 Å². The van der Waals surface area contributed by atoms with Crippen molar-refractivity contribution in [2.75, 3.05) is 5.32 Å². The van der Waals surface area contributed by atoms with Crippen molar-refractivity contribution < 1.29 is 9.18 Å². The Hall–Kier alpha value is -2.77. The SMILES string of the molecule is Cc1ccc(F)cc1NC(=O)c1ccccc1Sc1ncnc2sc3c(c12)CCC3. The second-order valence-corrected chi connectivity index (χ2v) is 9.34. The van der Waals surface area contributed by atoms with Crippen LogP contribution in [0.5, 0.6) is 0 Å². The fraction of sp³-hybridized carbons (Fsp3) is 0.174. The van der Waals surface area contributed by atoms with E-state index >= 15 is 0 Å². The van der Waals surface area contributed by atoms with Gasteiger partial charge in [0.15, 0.2) is 0 Å². The average molecular weight is 436 g/mol. The van der Waals surface area contributed by atoms with Crippen LogP contribution in [0.3, 0.4) is 0 Å². The van der Waals surface area contributed by atoms with Gasteiger partial charge in [0, 0.05) is 20.8 Å². The Labute approximate surface area is 181 Å². The average Bonchev–Trinajstić information content (AvgIpc) is 3.32. The quantitative estimate of drug-likeness (QED) is 0.398. The number of nitrogens with zero attached hydrogens (tertiary/aromatic N) is 2. The molecular weight excluding hydrogens is 417 g/mol. The van der Waals surface area contributed by atoms with E-state index in [-0.39, 0.29) is 11.7 Å². The Morgan fingerprint density at radius 3 is 2.93 bits per heavy atom. The van der Waals surface area contributed by atoms with Crippen LogP contribution in [0.25, 0.3) is 10.2 Å². The van der Waals surface area contributed by atoms with Gasteiger partial charge in [0.05, 0.1) is 5.56 Å². The molecule has 5 rings (SSSR count). The van der Waals surface area contributed by atoms with Crippen LogP contribution in [0, 0.1) is 12.7 Å². The van der Waals surface area contributed by atoms with Gasteiger partial charge in [0.1, 0.15) is 22.0 Å². The number of hydrogen-bond donors (Lipinski definition) is 1. The lowest BCUT2D eigenvalue weighted by molar-refractivity contribution is 0.102. The Morgan fingerprint density at radius 2 is 2.03 bits per heavy atom. The zero-order valence-electron chi connectivity index (χ0n) is 16.2. The van der Waals surface area contributed by atoms with E-state index in [4.69, 9.17) is 0 Å². The number of hydrogen-bond acceptors (Lipinski definition) is 5. The summed E-state index contributed by atoms with van der Waals surface area (Å²) in [5.74, 6) is -0.652. The van der Waals surface area contributed by atoms with Crippen molar-refractivity contribution in [2.24, 2.45) is 0 Å². The number of benzene rings is 2. The lowest BCUT2D eigenvalue weighted by atomic mass is 10.1. The molecule has 0 atom stereocenters. The van der Waals surface area contributed by atoms with Crippen molar-refractivity contribution in [3.63, 3.8) is 0 Å². The van der Waals surface area contributed by atoms with Crippen LogP contribution in [-0.4, -0.2) is 15.9 Å². The number of aromatic nitrogens is 2. The minimum absolute atomic E-state index is 0.271. The van der Waals surface area contributed by atoms with E-state index < -0.39 is 0 Å². The Morgan fingerprint density at radius 1 is 1.17 bits per heavy atom. The summed E-state index contributed by atoms with van der Waals surface area (Å²) in [7, 11) is 0. The molecule has 0 unspecified atom stereocenters. The minimum atomic E-state index is -0.381. The molecule has 0 radical (unpaired) electrons. The maximum atomic E-state index is 13.6. The van der Waals surface area contributed by atoms with Crippen LogP contribution in [-0.2, 0) is 12.8 Å². The molecule has 7 heteroatoms. The highest BCUT2D eigenvalue weighted by atomic mass is 32.2. The fourth-order valence-electron chi connectivity index (χ4n) is 3.74. The second-order valence-electron chi connectivity index (χ2n) is 7.23. The van der Waals surface area contributed by atoms with Gasteiger partial charge in [-0.05, 0) is 61.6 Å². The molecule has 150 valence electrons. The predicted molar refractivity (Wildman–Crippen MR) is 119 cm³/mol. The first-order chi connectivity index (χ1) is 14.6. The van der Waals surface area contributed by atoms with Crippen molar-refractivity contribution in [3.8, 4) is 0 Å². The predicted octanol–water partition coefficient (Wildman–Crippen LogP) is 6.03. The van der Waals surface area contributed by atoms with Gasteiger partial charge >= 0.3 is 0 Å². The molecule has 0 saturated carbocycles. The lowest BCUT2D eigenvalue weighted by Crippen LogP contribution is -2.14. The summed E-state index contributed by atoms with van der Waals surface area (Å²) in [6, 6.07) is 11.8. The van der Waals surface area contributed by atoms with E-state index in [1.54, 1.807) is 29.8 Å². The fourth-order valence-corrected chi connectivity index (χ4v) is 6.08. The standard InChI is InChI=1S/C23H18FN3OS2/c1-13-9-10-14(24)11-17(13)27-21(28)16-5-2-3-7-19(16)30-23-20-15-6-4-8-18(15)29-22(20)25-12-26-23/h2-3,5,7,9-12H,4,6,8H2,1H3,(H,27,28). The number of fused-ring (bicyclic) bond motifs is 3. The largest absolute Gasteiger partial charge is 0.322 e. The molecule has 0 saturated heterocycles. The maximum absolute atomic E-state index is 13.6. The normalized spacial score (nSPS) is 12.9. The summed E-state index contributed by atoms with van der Waals surface area (Å²) >= 11 is 3.23. The molecule has 4 aromatic rings. The van der Waals surface area contributed by atoms with Crippen LogP contribution in [0.15, 0.2) is 58.7 Å². The zero-order valence-corrected chi connectivity index (χ0v) is 17.9. The summed E-state index contributed by atoms with van der Waals surface area (Å²) in [6.07, 6.45) is 4.92. The Bertz CT molecular complexity index is 1280. The first-order valence-electron chi connectivity index (χ1n) is 9.70. The van der Waals surface area contributed by atoms with Gasteiger partial charge in [-0.2, -0.15) is 0 Å². The number of rotatable bonds is 4. The van der Waals surface area contributed by atoms with Crippen molar-refractivity contribution in [1.29, 1.82) is 0 Å². The van der Waals surface area contributed by atoms with Gasteiger partial charge in [-0.25, -0.2) is 14.4 Å². The number of aryl methyl sites for hydroxylation is 3. The van der Waals surface area contributed by atoms with E-state index in [0.29, 0.717) is 11.3 Å². The number of carbonyl (C=O) groups is 1. The lowest BCUT2D eigenvalue weighted by Gasteiger charge is -2.12. The van der Waals surface area contributed by atoms with Crippen LogP contribution in [0.4, 0.5) is 10.1 Å². The van der Waals surface area contributed by atoms with E-state index in [2.05, 4.69) is 15.3 Å². The zero-order chi connectivity index (χ0) is 20.7. The third-order valence-electron chi connectivity index (χ3n) is 5.25. The first-order valence-corrected chi connectivity index (χ1v) is 11.3. The van der Waals surface area contributed by atoms with Crippen molar-refractivity contribution >= 4 is 44.9 Å². The van der Waals surface area contributed by atoms with E-state index in [1.165, 1.54) is 40.8 Å². The van der Waals surface area contributed by atoms with Crippen LogP contribution < -0.4 is 5.32 Å². The molecule has 1 aliphatic rings. The number of carbonyl (C=O) groups excluding carboxylic acids is 1. The molecular formula is C23H18FN3OS2. The Balaban J connectivity index is 1.50. The van der Waals surface area contributed by atoms with E-state index in [1.807, 2.05) is 25.1 Å². The number of nitrogens with one attached hydrogen (secondary N) is 1. The molecule has 2 aromatic carbocycles. The summed E-state index contributed by atoms with van der Waals surface area (Å²) < 4.78 is 13.6. The smallest absolute Gasteiger partial charge is 0.256 e. The van der Waals surface area contributed by atoms with Gasteiger partial charge < -0.3 is 5.32 Å². The van der Waals surface area contributed by atoms with Crippen molar-refractivity contribution in [2.45, 2.75) is 36.1 Å². The highest BCUT2D eigenvalue weighted by Gasteiger charge is 2.22. The molecule has 0 fully saturated rings. The molecule has 2 heterocycles. The van der Waals surface area contributed by atoms with Crippen LogP contribution in [0.1, 0.15) is 32.8 Å². The number of halogens is 1. The third-order valence-corrected chi connectivity index (χ3v) is 7.53. The summed E-state index contributed by atoms with van der Waals surface area (Å²) in [6.45, 7) is 1.84. The van der Waals surface area contributed by atoms with Gasteiger partial charge in [0.2, 0.25) is 0 Å². The molecule has 0 aliphatic heterocycles. The molecule has 2 aromatic heterocycles. The van der Waals surface area contributed by atoms with E-state index in [0.717, 1.165) is 38.5 Å². The highest BCUT2D eigenvalue weighted by Crippen LogP contribution is 2.42. The summed E-state index contributed by atoms with van der Waals surface area (Å²) in [5, 5.41) is 4.84. The molecule has 0 bridgehead atoms. The second kappa shape index (κ2) is 7.81. The molecule has 4 nitrogen and oxygen atoms in total. The monoisotopic (exact) mass is 435 g/mol. The Kier molecular flexibility index (Phi) is 5.00. The molecule has 1 N–H and O–H groups in total. The number of amides is 1. The van der Waals surface area contributed by atoms with Crippen LogP contribution in [0.2, 0.25) is 0 Å². The maximum Gasteiger partial charge on any atom is 0.256 e. The highest BCUT2D eigenvalue weighted by molar-refractivity contribution is 7.99.